The Labute approximate surface area is 207 Å². The Morgan fingerprint density at radius 1 is 1.23 bits per heavy atom. The predicted octanol–water partition coefficient (Wildman–Crippen LogP) is 5.78. The molecule has 1 aromatic carbocycles. The number of carbonyl (C=O) groups is 1. The number of rotatable bonds is 6. The number of fused-ring (bicyclic) bond motifs is 1. The van der Waals surface area contributed by atoms with Crippen LogP contribution in [0.4, 0.5) is 9.18 Å². The summed E-state index contributed by atoms with van der Waals surface area (Å²) in [5.74, 6) is 0.706. The average molecular weight is 483 g/mol. The van der Waals surface area contributed by atoms with Crippen LogP contribution >= 0.6 is 0 Å². The molecule has 0 radical (unpaired) electrons. The van der Waals surface area contributed by atoms with E-state index in [0.29, 0.717) is 24.9 Å². The summed E-state index contributed by atoms with van der Waals surface area (Å²) in [6, 6.07) is 10.4. The third-order valence-corrected chi connectivity index (χ3v) is 6.74. The van der Waals surface area contributed by atoms with E-state index in [-0.39, 0.29) is 30.7 Å². The van der Waals surface area contributed by atoms with E-state index in [4.69, 9.17) is 14.2 Å². The number of nitrogens with zero attached hydrogens (tertiary/aromatic N) is 2. The molecular weight excluding hydrogens is 447 g/mol. The number of methoxy groups -OCH3 is 1. The molecule has 2 aromatic rings. The zero-order chi connectivity index (χ0) is 25.0. The highest BCUT2D eigenvalue weighted by atomic mass is 19.1. The average Bonchev–Trinajstić information content (AvgIpc) is 3.17. The molecular formula is C28H35FN2O4. The van der Waals surface area contributed by atoms with Gasteiger partial charge < -0.3 is 19.1 Å². The molecule has 4 rings (SSSR count). The molecule has 1 aliphatic carbocycles. The van der Waals surface area contributed by atoms with Gasteiger partial charge in [-0.2, -0.15) is 0 Å². The number of benzene rings is 1. The highest BCUT2D eigenvalue weighted by molar-refractivity contribution is 5.68. The summed E-state index contributed by atoms with van der Waals surface area (Å²) in [7, 11) is 1.63. The number of hydrogen-bond donors (Lipinski definition) is 0. The Morgan fingerprint density at radius 2 is 2.06 bits per heavy atom. The van der Waals surface area contributed by atoms with Crippen molar-refractivity contribution in [2.75, 3.05) is 27.0 Å². The summed E-state index contributed by atoms with van der Waals surface area (Å²) < 4.78 is 30.4. The number of amides is 1. The van der Waals surface area contributed by atoms with Gasteiger partial charge in [0.2, 0.25) is 0 Å². The van der Waals surface area contributed by atoms with Crippen LogP contribution in [0.25, 0.3) is 17.2 Å². The van der Waals surface area contributed by atoms with Crippen molar-refractivity contribution >= 4 is 12.2 Å². The number of aromatic nitrogens is 1. The lowest BCUT2D eigenvalue weighted by molar-refractivity contribution is -0.0803. The van der Waals surface area contributed by atoms with Crippen LogP contribution in [-0.4, -0.2) is 54.7 Å². The third kappa shape index (κ3) is 6.47. The molecule has 35 heavy (non-hydrogen) atoms. The van der Waals surface area contributed by atoms with Crippen LogP contribution < -0.4 is 0 Å². The molecule has 6 nitrogen and oxygen atoms in total. The topological polar surface area (TPSA) is 60.9 Å². The Morgan fingerprint density at radius 3 is 2.74 bits per heavy atom. The van der Waals surface area contributed by atoms with Gasteiger partial charge in [0.25, 0.3) is 0 Å². The molecule has 2 fully saturated rings. The normalized spacial score (nSPS) is 24.5. The maximum atomic E-state index is 13.5. The standard InChI is InChI=1S/C28H35FN2O4/c1-28(2,3)35-27(32)31-13-12-24-21(17-31)15-26(34-18-33-4)25(24)11-10-23-9-8-20(16-30-23)19-6-5-7-22(29)14-19/h5-11,14,16,21,24-26H,12-13,15,17-18H2,1-4H3/b11-10+/t21-,24+,25-,26?/m0/s1. The smallest absolute Gasteiger partial charge is 0.410 e. The molecule has 1 saturated carbocycles. The summed E-state index contributed by atoms with van der Waals surface area (Å²) in [6.07, 6.45) is 7.54. The van der Waals surface area contributed by atoms with E-state index in [1.165, 1.54) is 12.1 Å². The van der Waals surface area contributed by atoms with Crippen molar-refractivity contribution in [3.05, 3.63) is 60.2 Å². The molecule has 7 heteroatoms. The first-order chi connectivity index (χ1) is 16.7. The summed E-state index contributed by atoms with van der Waals surface area (Å²) in [4.78, 5) is 19.0. The van der Waals surface area contributed by atoms with Gasteiger partial charge in [0, 0.05) is 37.9 Å². The third-order valence-electron chi connectivity index (χ3n) is 6.74. The van der Waals surface area contributed by atoms with Crippen LogP contribution in [0.2, 0.25) is 0 Å². The van der Waals surface area contributed by atoms with Crippen molar-refractivity contribution in [2.45, 2.75) is 45.3 Å². The molecule has 0 bridgehead atoms. The highest BCUT2D eigenvalue weighted by Crippen LogP contribution is 2.45. The van der Waals surface area contributed by atoms with Crippen molar-refractivity contribution in [3.8, 4) is 11.1 Å². The predicted molar refractivity (Wildman–Crippen MR) is 133 cm³/mol. The first kappa shape index (κ1) is 25.3. The van der Waals surface area contributed by atoms with Crippen LogP contribution in [0, 0.1) is 23.6 Å². The zero-order valence-corrected chi connectivity index (χ0v) is 20.9. The van der Waals surface area contributed by atoms with Crippen LogP contribution in [0.1, 0.15) is 39.3 Å². The number of likely N-dealkylation sites (tertiary alicyclic amines) is 1. The number of hydrogen-bond acceptors (Lipinski definition) is 5. The van der Waals surface area contributed by atoms with Crippen molar-refractivity contribution in [3.63, 3.8) is 0 Å². The van der Waals surface area contributed by atoms with E-state index in [1.54, 1.807) is 19.4 Å². The Bertz CT molecular complexity index is 1030. The second-order valence-electron chi connectivity index (χ2n) is 10.4. The molecule has 0 N–H and O–H groups in total. The minimum absolute atomic E-state index is 0.0198. The van der Waals surface area contributed by atoms with E-state index in [2.05, 4.69) is 11.1 Å². The molecule has 4 atom stereocenters. The second-order valence-corrected chi connectivity index (χ2v) is 10.4. The van der Waals surface area contributed by atoms with Crippen LogP contribution in [0.5, 0.6) is 0 Å². The summed E-state index contributed by atoms with van der Waals surface area (Å²) in [5.41, 5.74) is 2.01. The first-order valence-electron chi connectivity index (χ1n) is 12.2. The molecule has 1 saturated heterocycles. The molecule has 1 amide bonds. The molecule has 2 aliphatic rings. The number of halogens is 1. The van der Waals surface area contributed by atoms with Gasteiger partial charge in [-0.05, 0) is 75.3 Å². The monoisotopic (exact) mass is 482 g/mol. The fourth-order valence-electron chi connectivity index (χ4n) is 5.18. The van der Waals surface area contributed by atoms with E-state index in [9.17, 15) is 9.18 Å². The largest absolute Gasteiger partial charge is 0.444 e. The molecule has 1 unspecified atom stereocenters. The number of carbonyl (C=O) groups excluding carboxylic acids is 1. The quantitative estimate of drug-likeness (QED) is 0.488. The van der Waals surface area contributed by atoms with Crippen LogP contribution in [0.15, 0.2) is 48.7 Å². The maximum Gasteiger partial charge on any atom is 0.410 e. The number of piperidine rings is 1. The van der Waals surface area contributed by atoms with E-state index in [0.717, 1.165) is 29.7 Å². The minimum atomic E-state index is -0.504. The van der Waals surface area contributed by atoms with E-state index >= 15 is 0 Å². The lowest BCUT2D eigenvalue weighted by Gasteiger charge is -2.37. The zero-order valence-electron chi connectivity index (χ0n) is 20.9. The van der Waals surface area contributed by atoms with Gasteiger partial charge >= 0.3 is 6.09 Å². The molecule has 1 aromatic heterocycles. The van der Waals surface area contributed by atoms with Crippen LogP contribution in [0.3, 0.4) is 0 Å². The number of ether oxygens (including phenoxy) is 3. The Hall–Kier alpha value is -2.77. The van der Waals surface area contributed by atoms with Gasteiger partial charge in [0.15, 0.2) is 0 Å². The molecule has 188 valence electrons. The van der Waals surface area contributed by atoms with E-state index < -0.39 is 5.60 Å². The Kier molecular flexibility index (Phi) is 7.87. The molecule has 0 spiro atoms. The van der Waals surface area contributed by atoms with Gasteiger partial charge in [0.05, 0.1) is 11.8 Å². The van der Waals surface area contributed by atoms with Gasteiger partial charge in [-0.3, -0.25) is 4.98 Å². The summed E-state index contributed by atoms with van der Waals surface area (Å²) in [5, 5.41) is 0. The fraction of sp³-hybridized carbons (Fsp3) is 0.500. The van der Waals surface area contributed by atoms with Crippen molar-refractivity contribution in [1.29, 1.82) is 0 Å². The molecule has 1 aliphatic heterocycles. The van der Waals surface area contributed by atoms with Crippen molar-refractivity contribution in [1.82, 2.24) is 9.88 Å². The van der Waals surface area contributed by atoms with E-state index in [1.807, 2.05) is 49.9 Å². The van der Waals surface area contributed by atoms with Crippen molar-refractivity contribution < 1.29 is 23.4 Å². The maximum absolute atomic E-state index is 13.5. The van der Waals surface area contributed by atoms with Gasteiger partial charge in [-0.1, -0.05) is 24.3 Å². The second kappa shape index (κ2) is 10.9. The lowest BCUT2D eigenvalue weighted by atomic mass is 9.83. The minimum Gasteiger partial charge on any atom is -0.444 e. The van der Waals surface area contributed by atoms with Gasteiger partial charge in [-0.15, -0.1) is 0 Å². The first-order valence-corrected chi connectivity index (χ1v) is 12.2. The SMILES string of the molecule is COCOC1C[C@H]2CN(C(=O)OC(C)(C)C)CC[C@H]2[C@@H]1/C=C/c1ccc(-c2cccc(F)c2)cn1. The van der Waals surface area contributed by atoms with Crippen molar-refractivity contribution in [2.24, 2.45) is 17.8 Å². The molecule has 2 heterocycles. The van der Waals surface area contributed by atoms with Crippen LogP contribution in [-0.2, 0) is 14.2 Å². The van der Waals surface area contributed by atoms with Gasteiger partial charge in [0.1, 0.15) is 18.2 Å². The summed E-state index contributed by atoms with van der Waals surface area (Å²) >= 11 is 0. The fourth-order valence-corrected chi connectivity index (χ4v) is 5.18. The Balaban J connectivity index is 1.45. The summed E-state index contributed by atoms with van der Waals surface area (Å²) in [6.45, 7) is 7.27. The number of pyridine rings is 1. The van der Waals surface area contributed by atoms with Gasteiger partial charge in [-0.25, -0.2) is 9.18 Å². The lowest BCUT2D eigenvalue weighted by Crippen LogP contribution is -2.45. The highest BCUT2D eigenvalue weighted by Gasteiger charge is 2.46.